The van der Waals surface area contributed by atoms with Crippen molar-refractivity contribution in [1.29, 1.82) is 0 Å². The number of ketones is 2. The number of nitrogens with zero attached hydrogens (tertiary/aromatic N) is 1. The van der Waals surface area contributed by atoms with Gasteiger partial charge in [-0.3, -0.25) is 19.2 Å². The summed E-state index contributed by atoms with van der Waals surface area (Å²) in [6.07, 6.45) is 1.80. The molecule has 208 valence electrons. The lowest BCUT2D eigenvalue weighted by Gasteiger charge is -2.28. The molecule has 0 aliphatic carbocycles. The molecule has 0 radical (unpaired) electrons. The van der Waals surface area contributed by atoms with Gasteiger partial charge >= 0.3 is 12.1 Å². The lowest BCUT2D eigenvalue weighted by molar-refractivity contribution is -0.158. The molecule has 9 heteroatoms. The summed E-state index contributed by atoms with van der Waals surface area (Å²) in [7, 11) is 0. The molecule has 0 spiro atoms. The van der Waals surface area contributed by atoms with Crippen molar-refractivity contribution in [1.82, 2.24) is 4.90 Å². The van der Waals surface area contributed by atoms with E-state index in [-0.39, 0.29) is 36.9 Å². The maximum Gasteiger partial charge on any atom is 0.416 e. The summed E-state index contributed by atoms with van der Waals surface area (Å²) in [4.78, 5) is 65.3. The van der Waals surface area contributed by atoms with Gasteiger partial charge in [0, 0.05) is 25.5 Å². The first kappa shape index (κ1) is 30.9. The molecule has 1 aliphatic rings. The average Bonchev–Trinajstić information content (AvgIpc) is 3.26. The van der Waals surface area contributed by atoms with Crippen LogP contribution in [0.5, 0.6) is 0 Å². The van der Waals surface area contributed by atoms with Gasteiger partial charge in [0.25, 0.3) is 0 Å². The van der Waals surface area contributed by atoms with Gasteiger partial charge in [-0.1, -0.05) is 56.5 Å². The molecule has 1 fully saturated rings. The minimum atomic E-state index is -1.53. The second kappa shape index (κ2) is 14.6. The van der Waals surface area contributed by atoms with Gasteiger partial charge in [0.1, 0.15) is 6.61 Å². The number of unbranched alkanes of at least 4 members (excludes halogenated alkanes) is 3. The van der Waals surface area contributed by atoms with Crippen molar-refractivity contribution >= 4 is 35.1 Å². The molecule has 3 unspecified atom stereocenters. The van der Waals surface area contributed by atoms with Crippen LogP contribution in [-0.2, 0) is 28.7 Å². The SMILES string of the molecule is CC(=O)OC(C(=O)C=C(C(=O)CCCCCCO)c1cccc(C)c1)C(C)C(=O)N1C(=O)OCC1C(C)C. The van der Waals surface area contributed by atoms with E-state index in [0.717, 1.165) is 36.3 Å². The van der Waals surface area contributed by atoms with Gasteiger partial charge in [0.15, 0.2) is 17.7 Å². The molecule has 0 aromatic heterocycles. The zero-order valence-electron chi connectivity index (χ0n) is 22.9. The molecule has 2 rings (SSSR count). The van der Waals surface area contributed by atoms with Crippen LogP contribution in [0.1, 0.15) is 70.9 Å². The summed E-state index contributed by atoms with van der Waals surface area (Å²) in [5.41, 5.74) is 1.60. The second-order valence-corrected chi connectivity index (χ2v) is 10.1. The molecule has 1 aliphatic heterocycles. The third-order valence-corrected chi connectivity index (χ3v) is 6.56. The van der Waals surface area contributed by atoms with E-state index in [2.05, 4.69) is 0 Å². The number of esters is 1. The number of aryl methyl sites for hydroxylation is 1. The van der Waals surface area contributed by atoms with E-state index in [1.54, 1.807) is 18.2 Å². The number of imide groups is 1. The lowest BCUT2D eigenvalue weighted by atomic mass is 9.92. The van der Waals surface area contributed by atoms with E-state index in [0.29, 0.717) is 18.4 Å². The number of allylic oxidation sites excluding steroid dienone is 1. The van der Waals surface area contributed by atoms with Crippen molar-refractivity contribution in [2.45, 2.75) is 78.9 Å². The average molecular weight is 530 g/mol. The van der Waals surface area contributed by atoms with Crippen LogP contribution in [0, 0.1) is 18.8 Å². The fourth-order valence-electron chi connectivity index (χ4n) is 4.36. The normalized spacial score (nSPS) is 17.2. The van der Waals surface area contributed by atoms with Gasteiger partial charge in [-0.2, -0.15) is 0 Å². The van der Waals surface area contributed by atoms with Crippen LogP contribution in [0.2, 0.25) is 0 Å². The molecule has 1 aromatic carbocycles. The molecule has 0 bridgehead atoms. The lowest BCUT2D eigenvalue weighted by Crippen LogP contribution is -2.48. The predicted octanol–water partition coefficient (Wildman–Crippen LogP) is 4.03. The number of rotatable bonds is 14. The molecule has 1 saturated heterocycles. The van der Waals surface area contributed by atoms with Gasteiger partial charge < -0.3 is 14.6 Å². The third kappa shape index (κ3) is 8.34. The highest BCUT2D eigenvalue weighted by Crippen LogP contribution is 2.26. The highest BCUT2D eigenvalue weighted by molar-refractivity contribution is 6.25. The van der Waals surface area contributed by atoms with E-state index >= 15 is 0 Å². The molecule has 1 heterocycles. The Morgan fingerprint density at radius 3 is 2.42 bits per heavy atom. The summed E-state index contributed by atoms with van der Waals surface area (Å²) in [6, 6.07) is 6.64. The Balaban J connectivity index is 2.38. The fraction of sp³-hybridized carbons (Fsp3) is 0.552. The quantitative estimate of drug-likeness (QED) is 0.217. The molecule has 9 nitrogen and oxygen atoms in total. The zero-order chi connectivity index (χ0) is 28.4. The van der Waals surface area contributed by atoms with Crippen molar-refractivity contribution in [2.75, 3.05) is 13.2 Å². The largest absolute Gasteiger partial charge is 0.453 e. The van der Waals surface area contributed by atoms with Gasteiger partial charge in [0.05, 0.1) is 12.0 Å². The Hall–Kier alpha value is -3.33. The highest BCUT2D eigenvalue weighted by Gasteiger charge is 2.44. The number of carbonyl (C=O) groups excluding carboxylic acids is 5. The van der Waals surface area contributed by atoms with Crippen LogP contribution in [-0.4, -0.2) is 64.9 Å². The fourth-order valence-corrected chi connectivity index (χ4v) is 4.36. The standard InChI is InChI=1S/C29H39NO8/c1-18(2)24-17-37-29(36)30(24)28(35)20(4)27(38-21(5)32)26(34)16-23(22-12-10-11-19(3)15-22)25(33)13-8-6-7-9-14-31/h10-12,15-16,18,20,24,27,31H,6-9,13-14,17H2,1-5H3. The third-order valence-electron chi connectivity index (χ3n) is 6.56. The van der Waals surface area contributed by atoms with E-state index in [4.69, 9.17) is 14.6 Å². The van der Waals surface area contributed by atoms with Crippen LogP contribution in [0.4, 0.5) is 4.79 Å². The van der Waals surface area contributed by atoms with Crippen LogP contribution in [0.25, 0.3) is 5.57 Å². The number of cyclic esters (lactones) is 1. The summed E-state index contributed by atoms with van der Waals surface area (Å²) < 4.78 is 10.3. The van der Waals surface area contributed by atoms with Crippen molar-refractivity contribution < 1.29 is 38.6 Å². The molecule has 3 atom stereocenters. The number of carbonyl (C=O) groups is 5. The van der Waals surface area contributed by atoms with Crippen molar-refractivity contribution in [3.05, 3.63) is 41.5 Å². The summed E-state index contributed by atoms with van der Waals surface area (Å²) in [6.45, 7) is 8.24. The summed E-state index contributed by atoms with van der Waals surface area (Å²) in [5, 5.41) is 8.96. The van der Waals surface area contributed by atoms with Crippen LogP contribution in [0.3, 0.4) is 0 Å². The number of benzene rings is 1. The number of hydrogen-bond donors (Lipinski definition) is 1. The second-order valence-electron chi connectivity index (χ2n) is 10.1. The van der Waals surface area contributed by atoms with Gasteiger partial charge in [-0.25, -0.2) is 9.69 Å². The number of amides is 2. The first-order valence-electron chi connectivity index (χ1n) is 13.1. The molecule has 1 N–H and O–H groups in total. The molecular weight excluding hydrogens is 490 g/mol. The highest BCUT2D eigenvalue weighted by atomic mass is 16.6. The Morgan fingerprint density at radius 1 is 1.13 bits per heavy atom. The van der Waals surface area contributed by atoms with Crippen LogP contribution < -0.4 is 0 Å². The predicted molar refractivity (Wildman–Crippen MR) is 141 cm³/mol. The van der Waals surface area contributed by atoms with E-state index in [1.807, 2.05) is 26.8 Å². The first-order valence-corrected chi connectivity index (χ1v) is 13.1. The minimum absolute atomic E-state index is 0.0470. The monoisotopic (exact) mass is 529 g/mol. The van der Waals surface area contributed by atoms with Crippen LogP contribution in [0.15, 0.2) is 30.3 Å². The van der Waals surface area contributed by atoms with Gasteiger partial charge in [-0.05, 0) is 44.2 Å². The number of aliphatic hydroxyl groups is 1. The molecule has 38 heavy (non-hydrogen) atoms. The van der Waals surface area contributed by atoms with Gasteiger partial charge in [-0.15, -0.1) is 0 Å². The topological polar surface area (TPSA) is 127 Å². The molecule has 0 saturated carbocycles. The Bertz CT molecular complexity index is 1060. The van der Waals surface area contributed by atoms with Gasteiger partial charge in [0.2, 0.25) is 5.91 Å². The first-order chi connectivity index (χ1) is 18.0. The molecular formula is C29H39NO8. The maximum absolute atomic E-state index is 13.5. The van der Waals surface area contributed by atoms with E-state index in [1.165, 1.54) is 6.92 Å². The van der Waals surface area contributed by atoms with Crippen LogP contribution >= 0.6 is 0 Å². The Kier molecular flexibility index (Phi) is 11.8. The smallest absolute Gasteiger partial charge is 0.416 e. The minimum Gasteiger partial charge on any atom is -0.453 e. The van der Waals surface area contributed by atoms with E-state index < -0.39 is 41.8 Å². The zero-order valence-corrected chi connectivity index (χ0v) is 22.9. The number of Topliss-reactive ketones (excluding diaryl/α,β-unsaturated/α-hetero) is 1. The van der Waals surface area contributed by atoms with E-state index in [9.17, 15) is 24.0 Å². The Labute approximate surface area is 224 Å². The number of hydrogen-bond acceptors (Lipinski definition) is 8. The van der Waals surface area contributed by atoms with Crippen molar-refractivity contribution in [3.63, 3.8) is 0 Å². The van der Waals surface area contributed by atoms with Crippen molar-refractivity contribution in [3.8, 4) is 0 Å². The number of aliphatic hydroxyl groups excluding tert-OH is 1. The molecule has 2 amide bonds. The van der Waals surface area contributed by atoms with Crippen molar-refractivity contribution in [2.24, 2.45) is 11.8 Å². The molecule has 1 aromatic rings. The Morgan fingerprint density at radius 2 is 1.82 bits per heavy atom. The summed E-state index contributed by atoms with van der Waals surface area (Å²) >= 11 is 0. The summed E-state index contributed by atoms with van der Waals surface area (Å²) in [5.74, 6) is -3.71. The maximum atomic E-state index is 13.5. The number of ether oxygens (including phenoxy) is 2.